The van der Waals surface area contributed by atoms with Gasteiger partial charge >= 0.3 is 0 Å². The van der Waals surface area contributed by atoms with Crippen molar-refractivity contribution in [3.63, 3.8) is 0 Å². The molecule has 0 aliphatic rings. The Labute approximate surface area is 239 Å². The van der Waals surface area contributed by atoms with E-state index in [1.807, 2.05) is 80.6 Å². The fourth-order valence-corrected chi connectivity index (χ4v) is 5.60. The predicted molar refractivity (Wildman–Crippen MR) is 162 cm³/mol. The number of sulfonamides is 1. The number of anilines is 1. The van der Waals surface area contributed by atoms with Gasteiger partial charge in [0.2, 0.25) is 21.8 Å². The Kier molecular flexibility index (Phi) is 11.3. The average molecular weight is 564 g/mol. The largest absolute Gasteiger partial charge is 0.354 e. The van der Waals surface area contributed by atoms with Crippen LogP contribution in [0.3, 0.4) is 0 Å². The highest BCUT2D eigenvalue weighted by Crippen LogP contribution is 2.24. The summed E-state index contributed by atoms with van der Waals surface area (Å²) in [6.45, 7) is 6.24. The molecule has 7 nitrogen and oxygen atoms in total. The van der Waals surface area contributed by atoms with Gasteiger partial charge in [0.15, 0.2) is 0 Å². The number of benzene rings is 3. The zero-order valence-corrected chi connectivity index (χ0v) is 24.8. The number of carbonyl (C=O) groups is 2. The first-order valence-corrected chi connectivity index (χ1v) is 15.7. The summed E-state index contributed by atoms with van der Waals surface area (Å²) in [7, 11) is -3.80. The molecule has 0 aromatic heterocycles. The van der Waals surface area contributed by atoms with Crippen LogP contribution in [-0.4, -0.2) is 50.5 Å². The minimum absolute atomic E-state index is 0.173. The maximum atomic E-state index is 14.2. The number of unbranched alkanes of at least 4 members (excludes halogenated alkanes) is 1. The van der Waals surface area contributed by atoms with Crippen LogP contribution in [0, 0.1) is 6.92 Å². The molecule has 0 bridgehead atoms. The quantitative estimate of drug-likeness (QED) is 0.283. The molecule has 1 unspecified atom stereocenters. The second-order valence-electron chi connectivity index (χ2n) is 10.1. The standard InChI is InChI=1S/C32H41N3O4S/c1-5-7-20-33-32(37)30(22-26-15-9-8-10-16-26)34(23-27-17-13-14-25(3)21-27)31(36)24-35(40(4,38)39)29-19-12-11-18-28(29)6-2/h8-19,21,30H,5-7,20,22-24H2,1-4H3,(H,33,37). The molecule has 214 valence electrons. The van der Waals surface area contributed by atoms with E-state index in [4.69, 9.17) is 0 Å². The summed E-state index contributed by atoms with van der Waals surface area (Å²) in [4.78, 5) is 29.3. The molecule has 1 atom stereocenters. The third-order valence-corrected chi connectivity index (χ3v) is 7.98. The Bertz CT molecular complexity index is 1380. The Morgan fingerprint density at radius 2 is 1.57 bits per heavy atom. The van der Waals surface area contributed by atoms with E-state index in [1.165, 1.54) is 4.90 Å². The normalized spacial score (nSPS) is 12.0. The van der Waals surface area contributed by atoms with Crippen molar-refractivity contribution in [2.75, 3.05) is 23.7 Å². The minimum Gasteiger partial charge on any atom is -0.354 e. The zero-order valence-electron chi connectivity index (χ0n) is 24.0. The predicted octanol–water partition coefficient (Wildman–Crippen LogP) is 4.88. The summed E-state index contributed by atoms with van der Waals surface area (Å²) in [5.41, 5.74) is 4.11. The van der Waals surface area contributed by atoms with Gasteiger partial charge in [0.05, 0.1) is 11.9 Å². The second-order valence-corrected chi connectivity index (χ2v) is 12.0. The number of hydrogen-bond donors (Lipinski definition) is 1. The van der Waals surface area contributed by atoms with E-state index in [0.29, 0.717) is 25.1 Å². The number of amides is 2. The van der Waals surface area contributed by atoms with Crippen LogP contribution < -0.4 is 9.62 Å². The van der Waals surface area contributed by atoms with Crippen molar-refractivity contribution >= 4 is 27.5 Å². The first-order valence-electron chi connectivity index (χ1n) is 13.9. The summed E-state index contributed by atoms with van der Waals surface area (Å²) >= 11 is 0. The van der Waals surface area contributed by atoms with Gasteiger partial charge in [-0.2, -0.15) is 0 Å². The lowest BCUT2D eigenvalue weighted by atomic mass is 10.0. The molecule has 0 heterocycles. The number of nitrogens with one attached hydrogen (secondary N) is 1. The molecule has 0 radical (unpaired) electrons. The smallest absolute Gasteiger partial charge is 0.244 e. The lowest BCUT2D eigenvalue weighted by Crippen LogP contribution is -2.53. The molecule has 8 heteroatoms. The van der Waals surface area contributed by atoms with E-state index in [1.54, 1.807) is 12.1 Å². The van der Waals surface area contributed by atoms with Crippen molar-refractivity contribution in [1.82, 2.24) is 10.2 Å². The van der Waals surface area contributed by atoms with Gasteiger partial charge in [-0.15, -0.1) is 0 Å². The molecule has 1 N–H and O–H groups in total. The first-order chi connectivity index (χ1) is 19.1. The fraction of sp³-hybridized carbons (Fsp3) is 0.375. The fourth-order valence-electron chi connectivity index (χ4n) is 4.72. The van der Waals surface area contributed by atoms with Crippen LogP contribution in [0.4, 0.5) is 5.69 Å². The first kappa shape index (κ1) is 30.9. The summed E-state index contributed by atoms with van der Waals surface area (Å²) in [5, 5.41) is 3.01. The van der Waals surface area contributed by atoms with E-state index in [9.17, 15) is 18.0 Å². The third-order valence-electron chi connectivity index (χ3n) is 6.86. The van der Waals surface area contributed by atoms with E-state index >= 15 is 0 Å². The van der Waals surface area contributed by atoms with Gasteiger partial charge < -0.3 is 10.2 Å². The Balaban J connectivity index is 2.05. The van der Waals surface area contributed by atoms with Gasteiger partial charge in [-0.1, -0.05) is 98.6 Å². The van der Waals surface area contributed by atoms with Gasteiger partial charge in [0, 0.05) is 19.5 Å². The number of nitrogens with zero attached hydrogens (tertiary/aromatic N) is 2. The third kappa shape index (κ3) is 8.68. The number of para-hydroxylation sites is 1. The minimum atomic E-state index is -3.80. The lowest BCUT2D eigenvalue weighted by Gasteiger charge is -2.34. The molecular weight excluding hydrogens is 522 g/mol. The van der Waals surface area contributed by atoms with Crippen molar-refractivity contribution in [1.29, 1.82) is 0 Å². The molecule has 40 heavy (non-hydrogen) atoms. The van der Waals surface area contributed by atoms with Crippen molar-refractivity contribution in [2.24, 2.45) is 0 Å². The average Bonchev–Trinajstić information content (AvgIpc) is 2.93. The summed E-state index contributed by atoms with van der Waals surface area (Å²) in [5.74, 6) is -0.692. The van der Waals surface area contributed by atoms with E-state index in [0.717, 1.165) is 45.7 Å². The molecule has 3 aromatic rings. The topological polar surface area (TPSA) is 86.8 Å². The molecule has 0 aliphatic heterocycles. The van der Waals surface area contributed by atoms with Crippen molar-refractivity contribution in [3.05, 3.63) is 101 Å². The van der Waals surface area contributed by atoms with Crippen LogP contribution in [0.1, 0.15) is 48.9 Å². The van der Waals surface area contributed by atoms with Crippen LogP contribution in [0.5, 0.6) is 0 Å². The van der Waals surface area contributed by atoms with Crippen LogP contribution in [-0.2, 0) is 39.0 Å². The molecular formula is C32H41N3O4S. The molecule has 0 fully saturated rings. The van der Waals surface area contributed by atoms with Crippen LogP contribution in [0.25, 0.3) is 0 Å². The van der Waals surface area contributed by atoms with E-state index in [-0.39, 0.29) is 12.5 Å². The Morgan fingerprint density at radius 3 is 2.23 bits per heavy atom. The SMILES string of the molecule is CCCCNC(=O)C(Cc1ccccc1)N(Cc1cccc(C)c1)C(=O)CN(c1ccccc1CC)S(C)(=O)=O. The molecule has 3 aromatic carbocycles. The maximum Gasteiger partial charge on any atom is 0.244 e. The summed E-state index contributed by atoms with van der Waals surface area (Å²) in [6.07, 6.45) is 3.78. The highest BCUT2D eigenvalue weighted by Gasteiger charge is 2.33. The van der Waals surface area contributed by atoms with Crippen LogP contribution in [0.2, 0.25) is 0 Å². The molecule has 0 spiro atoms. The number of hydrogen-bond acceptors (Lipinski definition) is 4. The summed E-state index contributed by atoms with van der Waals surface area (Å²) in [6, 6.07) is 23.7. The second kappa shape index (κ2) is 14.7. The van der Waals surface area contributed by atoms with Gasteiger partial charge in [0.1, 0.15) is 12.6 Å². The van der Waals surface area contributed by atoms with Crippen molar-refractivity contribution < 1.29 is 18.0 Å². The summed E-state index contributed by atoms with van der Waals surface area (Å²) < 4.78 is 27.2. The van der Waals surface area contributed by atoms with Crippen LogP contribution in [0.15, 0.2) is 78.9 Å². The van der Waals surface area contributed by atoms with E-state index < -0.39 is 28.5 Å². The Morgan fingerprint density at radius 1 is 0.900 bits per heavy atom. The van der Waals surface area contributed by atoms with Gasteiger partial charge in [-0.25, -0.2) is 8.42 Å². The lowest BCUT2D eigenvalue weighted by molar-refractivity contribution is -0.140. The zero-order chi connectivity index (χ0) is 29.1. The van der Waals surface area contributed by atoms with Crippen molar-refractivity contribution in [2.45, 2.75) is 59.0 Å². The molecule has 2 amide bonds. The molecule has 3 rings (SSSR count). The number of rotatable bonds is 14. The van der Waals surface area contributed by atoms with E-state index in [2.05, 4.69) is 12.2 Å². The number of carbonyl (C=O) groups excluding carboxylic acids is 2. The van der Waals surface area contributed by atoms with Gasteiger partial charge in [-0.3, -0.25) is 13.9 Å². The number of aryl methyl sites for hydroxylation is 2. The molecule has 0 saturated carbocycles. The van der Waals surface area contributed by atoms with Gasteiger partial charge in [0.25, 0.3) is 0 Å². The van der Waals surface area contributed by atoms with Gasteiger partial charge in [-0.05, 0) is 42.5 Å². The maximum absolute atomic E-state index is 14.2. The monoisotopic (exact) mass is 563 g/mol. The van der Waals surface area contributed by atoms with Crippen molar-refractivity contribution in [3.8, 4) is 0 Å². The van der Waals surface area contributed by atoms with Crippen LogP contribution >= 0.6 is 0 Å². The molecule has 0 aliphatic carbocycles. The Hall–Kier alpha value is -3.65. The molecule has 0 saturated heterocycles. The highest BCUT2D eigenvalue weighted by atomic mass is 32.2. The highest BCUT2D eigenvalue weighted by molar-refractivity contribution is 7.92.